The van der Waals surface area contributed by atoms with E-state index in [1.54, 1.807) is 12.3 Å². The second-order valence-electron chi connectivity index (χ2n) is 10.2. The minimum atomic E-state index is -0.875. The lowest BCUT2D eigenvalue weighted by Gasteiger charge is -2.36. The number of piperazine rings is 1. The summed E-state index contributed by atoms with van der Waals surface area (Å²) in [6.07, 6.45) is 7.35. The van der Waals surface area contributed by atoms with Crippen molar-refractivity contribution in [3.8, 4) is 5.88 Å². The average Bonchev–Trinajstić information content (AvgIpc) is 2.94. The maximum absolute atomic E-state index is 15.0. The van der Waals surface area contributed by atoms with Crippen LogP contribution in [0.1, 0.15) is 42.7 Å². The van der Waals surface area contributed by atoms with Gasteiger partial charge in [-0.1, -0.05) is 19.1 Å². The number of benzene rings is 1. The third-order valence-electron chi connectivity index (χ3n) is 7.65. The number of methoxy groups -OCH3 is 1. The molecule has 3 heterocycles. The summed E-state index contributed by atoms with van der Waals surface area (Å²) in [5.41, 5.74) is 2.91. The van der Waals surface area contributed by atoms with Crippen LogP contribution < -0.4 is 15.6 Å². The fourth-order valence-corrected chi connectivity index (χ4v) is 5.47. The molecule has 1 unspecified atom stereocenters. The van der Waals surface area contributed by atoms with Gasteiger partial charge in [-0.25, -0.2) is 9.37 Å². The van der Waals surface area contributed by atoms with E-state index >= 15 is 0 Å². The summed E-state index contributed by atoms with van der Waals surface area (Å²) in [5.74, 6) is -0.117. The number of nitrogens with one attached hydrogen (secondary N) is 2. The van der Waals surface area contributed by atoms with Gasteiger partial charge in [0.15, 0.2) is 0 Å². The van der Waals surface area contributed by atoms with E-state index < -0.39 is 11.4 Å². The number of anilines is 1. The van der Waals surface area contributed by atoms with E-state index in [-0.39, 0.29) is 11.1 Å². The van der Waals surface area contributed by atoms with E-state index in [1.807, 2.05) is 19.1 Å². The second-order valence-corrected chi connectivity index (χ2v) is 10.2. The number of pyridine rings is 1. The van der Waals surface area contributed by atoms with E-state index in [0.717, 1.165) is 63.1 Å². The largest absolute Gasteiger partial charge is 0.480 e. The highest BCUT2D eigenvalue weighted by Gasteiger charge is 2.38. The molecule has 200 valence electrons. The molecule has 1 aromatic carbocycles. The highest BCUT2D eigenvalue weighted by atomic mass is 19.1. The van der Waals surface area contributed by atoms with Crippen LogP contribution in [-0.2, 0) is 12.0 Å². The highest BCUT2D eigenvalue weighted by Crippen LogP contribution is 2.41. The molecule has 38 heavy (non-hydrogen) atoms. The van der Waals surface area contributed by atoms with Crippen LogP contribution in [0.5, 0.6) is 5.88 Å². The summed E-state index contributed by atoms with van der Waals surface area (Å²) in [5, 5.41) is 3.53. The summed E-state index contributed by atoms with van der Waals surface area (Å²) in [4.78, 5) is 29.2. The third-order valence-corrected chi connectivity index (χ3v) is 7.65. The second kappa shape index (κ2) is 11.0. The Morgan fingerprint density at radius 1 is 1.13 bits per heavy atom. The molecule has 5 rings (SSSR count). The molecule has 8 nitrogen and oxygen atoms in total. The summed E-state index contributed by atoms with van der Waals surface area (Å²) < 4.78 is 20.2. The topological polar surface area (TPSA) is 86.4 Å². The predicted molar refractivity (Wildman–Crippen MR) is 148 cm³/mol. The van der Waals surface area contributed by atoms with Gasteiger partial charge in [0, 0.05) is 56.6 Å². The number of aromatic amines is 1. The van der Waals surface area contributed by atoms with Crippen molar-refractivity contribution in [1.82, 2.24) is 24.8 Å². The fraction of sp³-hybridized carbons (Fsp3) is 0.414. The Balaban J connectivity index is 1.36. The normalized spacial score (nSPS) is 20.1. The van der Waals surface area contributed by atoms with Gasteiger partial charge in [-0.3, -0.25) is 9.78 Å². The lowest BCUT2D eigenvalue weighted by molar-refractivity contribution is 0.138. The summed E-state index contributed by atoms with van der Waals surface area (Å²) in [7, 11) is 1.53. The van der Waals surface area contributed by atoms with Crippen LogP contribution in [0, 0.1) is 5.82 Å². The van der Waals surface area contributed by atoms with E-state index in [9.17, 15) is 9.18 Å². The minimum absolute atomic E-state index is 0.259. The quantitative estimate of drug-likeness (QED) is 0.470. The number of ether oxygens (including phenoxy) is 1. The van der Waals surface area contributed by atoms with Gasteiger partial charge in [-0.2, -0.15) is 0 Å². The molecular weight excluding hydrogens is 483 g/mol. The van der Waals surface area contributed by atoms with Crippen molar-refractivity contribution in [2.45, 2.75) is 32.2 Å². The van der Waals surface area contributed by atoms with Crippen LogP contribution in [0.4, 0.5) is 10.1 Å². The van der Waals surface area contributed by atoms with Crippen LogP contribution in [0.15, 0.2) is 47.7 Å². The van der Waals surface area contributed by atoms with Gasteiger partial charge >= 0.3 is 0 Å². The number of aromatic nitrogens is 3. The Morgan fingerprint density at radius 2 is 1.87 bits per heavy atom. The maximum Gasteiger partial charge on any atom is 0.254 e. The lowest BCUT2D eigenvalue weighted by Crippen LogP contribution is -2.46. The Morgan fingerprint density at radius 3 is 2.58 bits per heavy atom. The van der Waals surface area contributed by atoms with Crippen molar-refractivity contribution in [1.29, 1.82) is 0 Å². The Labute approximate surface area is 222 Å². The lowest BCUT2D eigenvalue weighted by atomic mass is 9.77. The molecule has 1 aliphatic carbocycles. The van der Waals surface area contributed by atoms with Gasteiger partial charge in [-0.05, 0) is 49.2 Å². The Hall–Kier alpha value is -3.56. The van der Waals surface area contributed by atoms with Crippen molar-refractivity contribution >= 4 is 17.3 Å². The summed E-state index contributed by atoms with van der Waals surface area (Å²) in [6.45, 7) is 10.8. The first-order chi connectivity index (χ1) is 18.4. The molecule has 0 radical (unpaired) electrons. The highest BCUT2D eigenvalue weighted by molar-refractivity contribution is 5.85. The van der Waals surface area contributed by atoms with Crippen LogP contribution >= 0.6 is 0 Å². The van der Waals surface area contributed by atoms with Crippen molar-refractivity contribution in [3.63, 3.8) is 0 Å². The van der Waals surface area contributed by atoms with Gasteiger partial charge in [0.25, 0.3) is 5.56 Å². The van der Waals surface area contributed by atoms with Crippen molar-refractivity contribution in [2.75, 3.05) is 51.7 Å². The number of halogens is 1. The van der Waals surface area contributed by atoms with Crippen molar-refractivity contribution in [2.24, 2.45) is 0 Å². The first kappa shape index (κ1) is 26.1. The summed E-state index contributed by atoms with van der Waals surface area (Å²) in [6, 6.07) is 8.31. The number of fused-ring (bicyclic) bond motifs is 1. The fourth-order valence-electron chi connectivity index (χ4n) is 5.47. The molecular formula is C29H35FN6O2. The van der Waals surface area contributed by atoms with Gasteiger partial charge in [0.2, 0.25) is 5.88 Å². The maximum atomic E-state index is 15.0. The molecule has 1 aliphatic heterocycles. The molecule has 0 amide bonds. The standard InChI is InChI=1S/C29H35FN6O2/c1-4-35-11-13-36(14-12-35)10-9-20-5-7-22(8-6-20)34-29(2)16-21(25-18-31-19-26(33-25)38-3)15-23-24(30)17-32-28(37)27(23)29/h5-8,15,17-19,34H,4,9-14,16H2,1-3H3,(H,32,37). The van der Waals surface area contributed by atoms with Gasteiger partial charge in [0.1, 0.15) is 5.82 Å². The van der Waals surface area contributed by atoms with Crippen LogP contribution in [0.25, 0.3) is 11.6 Å². The predicted octanol–water partition coefficient (Wildman–Crippen LogP) is 3.76. The van der Waals surface area contributed by atoms with Gasteiger partial charge < -0.3 is 24.8 Å². The zero-order chi connectivity index (χ0) is 26.7. The Kier molecular flexibility index (Phi) is 7.58. The first-order valence-electron chi connectivity index (χ1n) is 13.2. The van der Waals surface area contributed by atoms with E-state index in [4.69, 9.17) is 4.74 Å². The van der Waals surface area contributed by atoms with E-state index in [2.05, 4.69) is 49.1 Å². The molecule has 2 N–H and O–H groups in total. The minimum Gasteiger partial charge on any atom is -0.480 e. The molecule has 0 spiro atoms. The zero-order valence-electron chi connectivity index (χ0n) is 22.3. The molecule has 2 aromatic heterocycles. The number of hydrogen-bond donors (Lipinski definition) is 2. The van der Waals surface area contributed by atoms with Crippen LogP contribution in [-0.4, -0.2) is 71.1 Å². The zero-order valence-corrected chi connectivity index (χ0v) is 22.3. The van der Waals surface area contributed by atoms with Crippen LogP contribution in [0.3, 0.4) is 0 Å². The molecule has 3 aromatic rings. The van der Waals surface area contributed by atoms with E-state index in [0.29, 0.717) is 23.6 Å². The van der Waals surface area contributed by atoms with Gasteiger partial charge in [0.05, 0.1) is 36.3 Å². The van der Waals surface area contributed by atoms with E-state index in [1.165, 1.54) is 18.9 Å². The van der Waals surface area contributed by atoms with Crippen molar-refractivity contribution < 1.29 is 9.13 Å². The number of likely N-dealkylation sites (N-methyl/N-ethyl adjacent to an activating group) is 1. The number of hydrogen-bond acceptors (Lipinski definition) is 7. The molecule has 1 saturated heterocycles. The van der Waals surface area contributed by atoms with Gasteiger partial charge in [-0.15, -0.1) is 0 Å². The smallest absolute Gasteiger partial charge is 0.254 e. The molecule has 1 fully saturated rings. The number of nitrogens with zero attached hydrogens (tertiary/aromatic N) is 4. The first-order valence-corrected chi connectivity index (χ1v) is 13.2. The third kappa shape index (κ3) is 5.49. The molecule has 1 atom stereocenters. The number of rotatable bonds is 8. The monoisotopic (exact) mass is 518 g/mol. The van der Waals surface area contributed by atoms with Crippen LogP contribution in [0.2, 0.25) is 0 Å². The molecule has 0 bridgehead atoms. The average molecular weight is 519 g/mol. The molecule has 9 heteroatoms. The molecule has 2 aliphatic rings. The van der Waals surface area contributed by atoms with Crippen molar-refractivity contribution in [3.05, 3.63) is 81.4 Å². The SMILES string of the molecule is CCN1CCN(CCc2ccc(NC3(C)CC(c4cncc(OC)n4)=Cc4c(F)c[nH]c(=O)c43)cc2)CC1. The summed E-state index contributed by atoms with van der Waals surface area (Å²) >= 11 is 0. The molecule has 0 saturated carbocycles. The Bertz CT molecular complexity index is 1360. The number of H-pyrrole nitrogens is 1.